The highest BCUT2D eigenvalue weighted by molar-refractivity contribution is 7.88. The van der Waals surface area contributed by atoms with Crippen LogP contribution >= 0.6 is 0 Å². The molecule has 0 saturated carbocycles. The predicted molar refractivity (Wildman–Crippen MR) is 47.0 cm³/mol. The van der Waals surface area contributed by atoms with Crippen LogP contribution in [0.4, 0.5) is 0 Å². The molecule has 6 nitrogen and oxygen atoms in total. The summed E-state index contributed by atoms with van der Waals surface area (Å²) in [4.78, 5) is 3.55. The highest BCUT2D eigenvalue weighted by atomic mass is 32.2. The Kier molecular flexibility index (Phi) is 1.73. The van der Waals surface area contributed by atoms with E-state index in [1.165, 1.54) is 18.2 Å². The molecular formula is C7H6N2O4S. The first kappa shape index (κ1) is 8.97. The summed E-state index contributed by atoms with van der Waals surface area (Å²) < 4.78 is 26.5. The van der Waals surface area contributed by atoms with Crippen LogP contribution in [-0.2, 0) is 10.0 Å². The molecule has 0 bridgehead atoms. The van der Waals surface area contributed by atoms with E-state index < -0.39 is 15.2 Å². The summed E-state index contributed by atoms with van der Waals surface area (Å²) in [5.41, 5.74) is 0.255. The highest BCUT2D eigenvalue weighted by Gasteiger charge is 2.17. The molecule has 0 amide bonds. The van der Waals surface area contributed by atoms with Crippen LogP contribution in [0.15, 0.2) is 27.8 Å². The van der Waals surface area contributed by atoms with Crippen LogP contribution in [0.1, 0.15) is 0 Å². The van der Waals surface area contributed by atoms with Crippen molar-refractivity contribution in [1.29, 1.82) is 0 Å². The van der Waals surface area contributed by atoms with Crippen LogP contribution in [0.2, 0.25) is 0 Å². The number of hydrogen-bond donors (Lipinski definition) is 2. The van der Waals surface area contributed by atoms with Crippen LogP contribution in [0, 0.1) is 0 Å². The lowest BCUT2D eigenvalue weighted by Gasteiger charge is -1.87. The Balaban J connectivity index is 2.81. The third-order valence-corrected chi connectivity index (χ3v) is 2.28. The molecule has 2 aromatic rings. The lowest BCUT2D eigenvalue weighted by molar-refractivity contribution is 0.459. The Morgan fingerprint density at radius 3 is 2.71 bits per heavy atom. The maximum Gasteiger partial charge on any atom is 0.331 e. The lowest BCUT2D eigenvalue weighted by atomic mass is 10.3. The van der Waals surface area contributed by atoms with E-state index >= 15 is 0 Å². The molecular weight excluding hydrogens is 208 g/mol. The van der Waals surface area contributed by atoms with Gasteiger partial charge >= 0.3 is 5.22 Å². The van der Waals surface area contributed by atoms with Gasteiger partial charge < -0.3 is 9.52 Å². The summed E-state index contributed by atoms with van der Waals surface area (Å²) in [6, 6.07) is 4.37. The molecule has 1 heterocycles. The summed E-state index contributed by atoms with van der Waals surface area (Å²) >= 11 is 0. The van der Waals surface area contributed by atoms with Crippen LogP contribution in [-0.4, -0.2) is 18.5 Å². The second kappa shape index (κ2) is 2.69. The third kappa shape index (κ3) is 1.32. The average Bonchev–Trinajstić information content (AvgIpc) is 2.48. The predicted octanol–water partition coefficient (Wildman–Crippen LogP) is 0.181. The van der Waals surface area contributed by atoms with Gasteiger partial charge in [0.25, 0.3) is 10.0 Å². The number of para-hydroxylation sites is 1. The number of primary sulfonamides is 1. The van der Waals surface area contributed by atoms with E-state index in [0.29, 0.717) is 0 Å². The molecule has 2 rings (SSSR count). The Morgan fingerprint density at radius 2 is 2.14 bits per heavy atom. The lowest BCUT2D eigenvalue weighted by Crippen LogP contribution is -2.12. The fourth-order valence-corrected chi connectivity index (χ4v) is 1.46. The second-order valence-electron chi connectivity index (χ2n) is 2.65. The summed E-state index contributed by atoms with van der Waals surface area (Å²) in [5, 5.41) is 13.5. The number of oxazole rings is 1. The van der Waals surface area contributed by atoms with Crippen LogP contribution in [0.3, 0.4) is 0 Å². The number of phenolic OH excluding ortho intramolecular Hbond substituents is 1. The molecule has 0 aliphatic heterocycles. The summed E-state index contributed by atoms with van der Waals surface area (Å²) in [5.74, 6) is -0.152. The fraction of sp³-hybridized carbons (Fsp3) is 0. The van der Waals surface area contributed by atoms with Crippen molar-refractivity contribution in [3.63, 3.8) is 0 Å². The zero-order valence-corrected chi connectivity index (χ0v) is 7.65. The Labute approximate surface area is 79.0 Å². The van der Waals surface area contributed by atoms with Gasteiger partial charge in [-0.15, -0.1) is 0 Å². The molecule has 0 atom stereocenters. The molecule has 0 aliphatic rings. The molecule has 0 saturated heterocycles. The number of aromatic nitrogens is 1. The number of nitrogens with zero attached hydrogens (tertiary/aromatic N) is 1. The largest absolute Gasteiger partial charge is 0.506 e. The van der Waals surface area contributed by atoms with E-state index in [2.05, 4.69) is 4.98 Å². The Morgan fingerprint density at radius 1 is 1.43 bits per heavy atom. The van der Waals surface area contributed by atoms with Crippen molar-refractivity contribution in [2.45, 2.75) is 5.22 Å². The van der Waals surface area contributed by atoms with Gasteiger partial charge in [0.05, 0.1) is 0 Å². The minimum atomic E-state index is -3.97. The van der Waals surface area contributed by atoms with Crippen LogP contribution < -0.4 is 5.14 Å². The molecule has 0 radical (unpaired) electrons. The van der Waals surface area contributed by atoms with E-state index in [1.807, 2.05) is 0 Å². The van der Waals surface area contributed by atoms with Gasteiger partial charge in [-0.2, -0.15) is 4.98 Å². The number of aromatic hydroxyl groups is 1. The van der Waals surface area contributed by atoms with Gasteiger partial charge in [0.1, 0.15) is 5.75 Å². The molecule has 3 N–H and O–H groups in total. The maximum atomic E-state index is 10.9. The first-order chi connectivity index (χ1) is 6.48. The minimum Gasteiger partial charge on any atom is -0.506 e. The molecule has 1 aromatic carbocycles. The van der Waals surface area contributed by atoms with Crippen LogP contribution in [0.25, 0.3) is 11.1 Å². The van der Waals surface area contributed by atoms with Crippen molar-refractivity contribution in [3.05, 3.63) is 18.2 Å². The van der Waals surface area contributed by atoms with Crippen molar-refractivity contribution in [2.75, 3.05) is 0 Å². The van der Waals surface area contributed by atoms with Gasteiger partial charge in [-0.25, -0.2) is 13.6 Å². The zero-order chi connectivity index (χ0) is 10.3. The number of hydrogen-bond acceptors (Lipinski definition) is 5. The molecule has 1 aromatic heterocycles. The summed E-state index contributed by atoms with van der Waals surface area (Å²) in [7, 11) is -3.97. The first-order valence-corrected chi connectivity index (χ1v) is 5.14. The van der Waals surface area contributed by atoms with Gasteiger partial charge in [-0.05, 0) is 12.1 Å². The number of nitrogens with two attached hydrogens (primary N) is 1. The van der Waals surface area contributed by atoms with Gasteiger partial charge in [0.15, 0.2) is 11.1 Å². The van der Waals surface area contributed by atoms with E-state index in [9.17, 15) is 13.5 Å². The number of benzene rings is 1. The Hall–Kier alpha value is -1.60. The molecule has 74 valence electrons. The van der Waals surface area contributed by atoms with Crippen molar-refractivity contribution < 1.29 is 17.9 Å². The molecule has 0 fully saturated rings. The SMILES string of the molecule is NS(=O)(=O)c1nc2c(O)cccc2o1. The van der Waals surface area contributed by atoms with Crippen molar-refractivity contribution in [1.82, 2.24) is 4.98 Å². The molecule has 0 spiro atoms. The number of rotatable bonds is 1. The normalized spacial score (nSPS) is 12.1. The Bertz CT molecular complexity index is 587. The topological polar surface area (TPSA) is 106 Å². The minimum absolute atomic E-state index is 0.0801. The van der Waals surface area contributed by atoms with Gasteiger partial charge in [0, 0.05) is 0 Å². The van der Waals surface area contributed by atoms with Crippen molar-refractivity contribution in [2.24, 2.45) is 5.14 Å². The van der Waals surface area contributed by atoms with Crippen LogP contribution in [0.5, 0.6) is 5.75 Å². The van der Waals surface area contributed by atoms with Crippen molar-refractivity contribution >= 4 is 21.1 Å². The standard InChI is InChI=1S/C7H6N2O4S/c8-14(11,12)7-9-6-4(10)2-1-3-5(6)13-7/h1-3,10H,(H2,8,11,12). The number of sulfonamides is 1. The van der Waals surface area contributed by atoms with Crippen molar-refractivity contribution in [3.8, 4) is 5.75 Å². The van der Waals surface area contributed by atoms with Gasteiger partial charge in [-0.1, -0.05) is 6.07 Å². The quantitative estimate of drug-likeness (QED) is 0.704. The third-order valence-electron chi connectivity index (χ3n) is 1.62. The van der Waals surface area contributed by atoms with E-state index in [1.54, 1.807) is 0 Å². The zero-order valence-electron chi connectivity index (χ0n) is 6.84. The average molecular weight is 214 g/mol. The summed E-state index contributed by atoms with van der Waals surface area (Å²) in [6.45, 7) is 0. The molecule has 0 aliphatic carbocycles. The summed E-state index contributed by atoms with van der Waals surface area (Å²) in [6.07, 6.45) is 0. The molecule has 14 heavy (non-hydrogen) atoms. The second-order valence-corrected chi connectivity index (χ2v) is 4.09. The smallest absolute Gasteiger partial charge is 0.331 e. The molecule has 0 unspecified atom stereocenters. The number of fused-ring (bicyclic) bond motifs is 1. The van der Waals surface area contributed by atoms with E-state index in [-0.39, 0.29) is 16.8 Å². The number of phenols is 1. The van der Waals surface area contributed by atoms with E-state index in [0.717, 1.165) is 0 Å². The van der Waals surface area contributed by atoms with Gasteiger partial charge in [-0.3, -0.25) is 0 Å². The van der Waals surface area contributed by atoms with Gasteiger partial charge in [0.2, 0.25) is 0 Å². The fourth-order valence-electron chi connectivity index (χ4n) is 1.04. The first-order valence-electron chi connectivity index (χ1n) is 3.60. The monoisotopic (exact) mass is 214 g/mol. The maximum absolute atomic E-state index is 10.9. The van der Waals surface area contributed by atoms with E-state index in [4.69, 9.17) is 9.56 Å². The highest BCUT2D eigenvalue weighted by Crippen LogP contribution is 2.25. The molecule has 7 heteroatoms.